The number of rotatable bonds is 3. The first-order valence-corrected chi connectivity index (χ1v) is 8.76. The van der Waals surface area contributed by atoms with Crippen LogP contribution in [0.25, 0.3) is 11.3 Å². The highest BCUT2D eigenvalue weighted by Crippen LogP contribution is 2.42. The molecule has 3 heterocycles. The van der Waals surface area contributed by atoms with E-state index in [1.165, 1.54) is 0 Å². The zero-order valence-corrected chi connectivity index (χ0v) is 15.0. The van der Waals surface area contributed by atoms with Crippen LogP contribution in [-0.2, 0) is 9.53 Å². The van der Waals surface area contributed by atoms with E-state index >= 15 is 0 Å². The number of amides is 1. The fraction of sp³-hybridized carbons (Fsp3) is 0.368. The van der Waals surface area contributed by atoms with Crippen LogP contribution in [0.4, 0.5) is 0 Å². The molecular formula is C19H18ClNO5. The van der Waals surface area contributed by atoms with E-state index in [2.05, 4.69) is 0 Å². The minimum absolute atomic E-state index is 0.145. The van der Waals surface area contributed by atoms with Crippen LogP contribution in [0.3, 0.4) is 0 Å². The number of benzene rings is 1. The van der Waals surface area contributed by atoms with Crippen LogP contribution in [0.5, 0.6) is 0 Å². The lowest BCUT2D eigenvalue weighted by Crippen LogP contribution is -2.40. The van der Waals surface area contributed by atoms with Gasteiger partial charge in [0.1, 0.15) is 16.9 Å². The van der Waals surface area contributed by atoms with E-state index in [0.29, 0.717) is 40.8 Å². The highest BCUT2D eigenvalue weighted by atomic mass is 35.5. The van der Waals surface area contributed by atoms with Gasteiger partial charge in [-0.15, -0.1) is 0 Å². The van der Waals surface area contributed by atoms with Crippen molar-refractivity contribution in [3.63, 3.8) is 0 Å². The lowest BCUT2D eigenvalue weighted by Gasteiger charge is -2.21. The summed E-state index contributed by atoms with van der Waals surface area (Å²) in [6.45, 7) is 2.76. The molecule has 1 N–H and O–H groups in total. The van der Waals surface area contributed by atoms with Gasteiger partial charge < -0.3 is 19.2 Å². The highest BCUT2D eigenvalue weighted by molar-refractivity contribution is 6.33. The quantitative estimate of drug-likeness (QED) is 0.891. The first-order chi connectivity index (χ1) is 12.4. The monoisotopic (exact) mass is 375 g/mol. The Morgan fingerprint density at radius 2 is 2.12 bits per heavy atom. The number of nitrogens with zero attached hydrogens (tertiary/aromatic N) is 1. The van der Waals surface area contributed by atoms with E-state index in [9.17, 15) is 14.7 Å². The number of halogens is 1. The summed E-state index contributed by atoms with van der Waals surface area (Å²) in [7, 11) is 0. The largest absolute Gasteiger partial charge is 0.481 e. The molecule has 2 aliphatic rings. The van der Waals surface area contributed by atoms with Crippen molar-refractivity contribution in [1.82, 2.24) is 4.90 Å². The number of carbonyl (C=O) groups is 2. The molecule has 2 saturated heterocycles. The van der Waals surface area contributed by atoms with Gasteiger partial charge in [-0.25, -0.2) is 0 Å². The Morgan fingerprint density at radius 3 is 2.81 bits per heavy atom. The summed E-state index contributed by atoms with van der Waals surface area (Å²) in [6, 6.07) is 8.93. The number of aliphatic carboxylic acids is 1. The van der Waals surface area contributed by atoms with Gasteiger partial charge in [-0.1, -0.05) is 23.7 Å². The Kier molecular flexibility index (Phi) is 4.04. The lowest BCUT2D eigenvalue weighted by atomic mass is 9.81. The summed E-state index contributed by atoms with van der Waals surface area (Å²) in [6.07, 6.45) is 0. The Morgan fingerprint density at radius 1 is 1.35 bits per heavy atom. The Labute approximate surface area is 155 Å². The molecule has 136 valence electrons. The van der Waals surface area contributed by atoms with Crippen molar-refractivity contribution in [2.45, 2.75) is 6.92 Å². The number of hydrogen-bond donors (Lipinski definition) is 1. The number of carboxylic acids is 1. The molecule has 2 aromatic rings. The minimum Gasteiger partial charge on any atom is -0.481 e. The molecule has 1 aromatic carbocycles. The van der Waals surface area contributed by atoms with Crippen LogP contribution in [0.1, 0.15) is 16.1 Å². The number of carboxylic acid groups (broad SMARTS) is 1. The number of furan rings is 1. The molecule has 26 heavy (non-hydrogen) atoms. The summed E-state index contributed by atoms with van der Waals surface area (Å²) >= 11 is 6.21. The van der Waals surface area contributed by atoms with Crippen molar-refractivity contribution < 1.29 is 23.8 Å². The summed E-state index contributed by atoms with van der Waals surface area (Å²) in [5.74, 6) is -0.301. The number of hydrogen-bond acceptors (Lipinski definition) is 4. The molecule has 0 spiro atoms. The van der Waals surface area contributed by atoms with E-state index < -0.39 is 11.4 Å². The smallest absolute Gasteiger partial charge is 0.314 e. The predicted octanol–water partition coefficient (Wildman–Crippen LogP) is 3.08. The number of aryl methyl sites for hydroxylation is 1. The number of fused-ring (bicyclic) bond motifs is 1. The van der Waals surface area contributed by atoms with Gasteiger partial charge in [-0.3, -0.25) is 9.59 Å². The van der Waals surface area contributed by atoms with Crippen LogP contribution in [-0.4, -0.2) is 48.2 Å². The Hall–Kier alpha value is -2.31. The summed E-state index contributed by atoms with van der Waals surface area (Å²) in [5, 5.41) is 10.2. The molecule has 0 bridgehead atoms. The van der Waals surface area contributed by atoms with Crippen LogP contribution >= 0.6 is 11.6 Å². The standard InChI is InChI=1S/C19H18ClNO5/c1-11-14(6-16(26-11)13-4-2-3-5-15(13)20)17(22)21-7-12-8-25-10-19(12,9-21)18(23)24/h2-6,12H,7-10H2,1H3,(H,23,24)/t12-,19-/m1/s1. The Balaban J connectivity index is 1.62. The fourth-order valence-electron chi connectivity index (χ4n) is 3.85. The molecule has 6 nitrogen and oxygen atoms in total. The van der Waals surface area contributed by atoms with Gasteiger partial charge in [0.15, 0.2) is 0 Å². The predicted molar refractivity (Wildman–Crippen MR) is 94.2 cm³/mol. The maximum Gasteiger partial charge on any atom is 0.314 e. The van der Waals surface area contributed by atoms with Gasteiger partial charge in [0, 0.05) is 24.6 Å². The van der Waals surface area contributed by atoms with Gasteiger partial charge in [-0.05, 0) is 25.1 Å². The van der Waals surface area contributed by atoms with E-state index in [-0.39, 0.29) is 25.0 Å². The molecule has 4 rings (SSSR count). The van der Waals surface area contributed by atoms with Gasteiger partial charge in [0.25, 0.3) is 5.91 Å². The molecule has 2 fully saturated rings. The van der Waals surface area contributed by atoms with E-state index in [0.717, 1.165) is 0 Å². The summed E-state index contributed by atoms with van der Waals surface area (Å²) in [4.78, 5) is 26.3. The molecule has 1 amide bonds. The molecule has 0 aliphatic carbocycles. The second-order valence-corrected chi connectivity index (χ2v) is 7.33. The average Bonchev–Trinajstić information content (AvgIpc) is 3.26. The highest BCUT2D eigenvalue weighted by Gasteiger charge is 2.57. The molecular weight excluding hydrogens is 358 g/mol. The van der Waals surface area contributed by atoms with Gasteiger partial charge in [0.2, 0.25) is 0 Å². The molecule has 1 aromatic heterocycles. The number of carbonyl (C=O) groups excluding carboxylic acids is 1. The Bertz CT molecular complexity index is 892. The average molecular weight is 376 g/mol. The molecule has 0 unspecified atom stereocenters. The van der Waals surface area contributed by atoms with Crippen LogP contribution in [0.2, 0.25) is 5.02 Å². The third-order valence-electron chi connectivity index (χ3n) is 5.37. The second-order valence-electron chi connectivity index (χ2n) is 6.92. The van der Waals surface area contributed by atoms with Crippen molar-refractivity contribution in [2.75, 3.05) is 26.3 Å². The topological polar surface area (TPSA) is 80.0 Å². The first kappa shape index (κ1) is 17.1. The SMILES string of the molecule is Cc1oc(-c2ccccc2Cl)cc1C(=O)N1C[C@@H]2COC[C@]2(C(=O)O)C1. The van der Waals surface area contributed by atoms with Crippen LogP contribution < -0.4 is 0 Å². The normalized spacial score (nSPS) is 24.7. The zero-order valence-electron chi connectivity index (χ0n) is 14.2. The van der Waals surface area contributed by atoms with E-state index in [1.54, 1.807) is 24.0 Å². The minimum atomic E-state index is -1.00. The summed E-state index contributed by atoms with van der Waals surface area (Å²) < 4.78 is 11.1. The lowest BCUT2D eigenvalue weighted by molar-refractivity contribution is -0.149. The van der Waals surface area contributed by atoms with E-state index in [1.807, 2.05) is 18.2 Å². The van der Waals surface area contributed by atoms with E-state index in [4.69, 9.17) is 20.8 Å². The third kappa shape index (κ3) is 2.52. The van der Waals surface area contributed by atoms with Crippen LogP contribution in [0, 0.1) is 18.3 Å². The molecule has 7 heteroatoms. The van der Waals surface area contributed by atoms with Gasteiger partial charge in [0.05, 0.1) is 23.8 Å². The second kappa shape index (κ2) is 6.14. The first-order valence-electron chi connectivity index (χ1n) is 8.38. The van der Waals surface area contributed by atoms with Crippen molar-refractivity contribution in [3.05, 3.63) is 46.7 Å². The van der Waals surface area contributed by atoms with Crippen LogP contribution in [0.15, 0.2) is 34.7 Å². The zero-order chi connectivity index (χ0) is 18.5. The molecule has 0 radical (unpaired) electrons. The maximum absolute atomic E-state index is 13.0. The van der Waals surface area contributed by atoms with Crippen molar-refractivity contribution >= 4 is 23.5 Å². The number of likely N-dealkylation sites (tertiary alicyclic amines) is 1. The van der Waals surface area contributed by atoms with Gasteiger partial charge in [-0.2, -0.15) is 0 Å². The fourth-order valence-corrected chi connectivity index (χ4v) is 4.08. The molecule has 2 aliphatic heterocycles. The molecule has 0 saturated carbocycles. The van der Waals surface area contributed by atoms with Gasteiger partial charge >= 0.3 is 5.97 Å². The van der Waals surface area contributed by atoms with Crippen molar-refractivity contribution in [1.29, 1.82) is 0 Å². The van der Waals surface area contributed by atoms with Crippen molar-refractivity contribution in [3.8, 4) is 11.3 Å². The third-order valence-corrected chi connectivity index (χ3v) is 5.70. The maximum atomic E-state index is 13.0. The number of ether oxygens (including phenoxy) is 1. The van der Waals surface area contributed by atoms with Crippen molar-refractivity contribution in [2.24, 2.45) is 11.3 Å². The summed E-state index contributed by atoms with van der Waals surface area (Å²) in [5.41, 5.74) is 0.144. The molecule has 2 atom stereocenters.